The molecule has 0 spiro atoms. The van der Waals surface area contributed by atoms with E-state index < -0.39 is 0 Å². The van der Waals surface area contributed by atoms with Crippen LogP contribution in [0.15, 0.2) is 10.1 Å². The van der Waals surface area contributed by atoms with E-state index in [1.165, 1.54) is 0 Å². The van der Waals surface area contributed by atoms with Crippen LogP contribution in [-0.4, -0.2) is 71.6 Å². The number of hydrogen-bond acceptors (Lipinski definition) is 7. The van der Waals surface area contributed by atoms with Gasteiger partial charge in [0.05, 0.1) is 38.7 Å². The standard InChI is InChI=1S/C13H29N5O2/c1-3-4-16-5-7-19-9-10-20-8-6-17-12-13(18-14)11-15-2/h12,15-16H,3-11,14H2,1-2H3/b17-12?,18-13-. The molecule has 7 heteroatoms. The molecule has 0 fully saturated rings. The van der Waals surface area contributed by atoms with Crippen LogP contribution in [-0.2, 0) is 9.47 Å². The molecule has 0 heterocycles. The summed E-state index contributed by atoms with van der Waals surface area (Å²) < 4.78 is 10.8. The van der Waals surface area contributed by atoms with Crippen LogP contribution in [0.25, 0.3) is 0 Å². The Hall–Kier alpha value is -1.02. The highest BCUT2D eigenvalue weighted by Gasteiger charge is 1.92. The van der Waals surface area contributed by atoms with Crippen molar-refractivity contribution in [3.8, 4) is 0 Å². The van der Waals surface area contributed by atoms with Crippen molar-refractivity contribution in [2.75, 3.05) is 59.7 Å². The van der Waals surface area contributed by atoms with E-state index in [1.807, 2.05) is 7.05 Å². The molecule has 0 aromatic carbocycles. The maximum absolute atomic E-state index is 5.40. The number of nitrogens with one attached hydrogen (secondary N) is 2. The molecule has 0 aromatic rings. The number of hydrogen-bond donors (Lipinski definition) is 3. The van der Waals surface area contributed by atoms with E-state index in [1.54, 1.807) is 6.21 Å². The average molecular weight is 287 g/mol. The van der Waals surface area contributed by atoms with E-state index in [0.29, 0.717) is 32.9 Å². The molecule has 0 atom stereocenters. The maximum atomic E-state index is 5.40. The zero-order valence-corrected chi connectivity index (χ0v) is 12.7. The molecule has 0 bridgehead atoms. The highest BCUT2D eigenvalue weighted by atomic mass is 16.5. The van der Waals surface area contributed by atoms with Gasteiger partial charge in [0.1, 0.15) is 0 Å². The van der Waals surface area contributed by atoms with Crippen molar-refractivity contribution in [3.63, 3.8) is 0 Å². The van der Waals surface area contributed by atoms with Crippen molar-refractivity contribution < 1.29 is 9.47 Å². The second kappa shape index (κ2) is 16.0. The van der Waals surface area contributed by atoms with Crippen molar-refractivity contribution in [1.82, 2.24) is 10.6 Å². The highest BCUT2D eigenvalue weighted by Crippen LogP contribution is 1.80. The molecular weight excluding hydrogens is 258 g/mol. The van der Waals surface area contributed by atoms with Crippen LogP contribution in [0.3, 0.4) is 0 Å². The Kier molecular flexibility index (Phi) is 15.2. The van der Waals surface area contributed by atoms with Gasteiger partial charge in [0.15, 0.2) is 0 Å². The Morgan fingerprint density at radius 2 is 1.90 bits per heavy atom. The van der Waals surface area contributed by atoms with Gasteiger partial charge in [-0.1, -0.05) is 6.92 Å². The second-order valence-electron chi connectivity index (χ2n) is 4.16. The van der Waals surface area contributed by atoms with Crippen molar-refractivity contribution in [2.45, 2.75) is 13.3 Å². The number of hydrazone groups is 1. The van der Waals surface area contributed by atoms with E-state index in [9.17, 15) is 0 Å². The molecule has 118 valence electrons. The molecule has 0 aliphatic heterocycles. The Morgan fingerprint density at radius 1 is 1.15 bits per heavy atom. The van der Waals surface area contributed by atoms with E-state index in [0.717, 1.165) is 31.8 Å². The fourth-order valence-corrected chi connectivity index (χ4v) is 1.36. The van der Waals surface area contributed by atoms with Crippen LogP contribution in [0.2, 0.25) is 0 Å². The predicted octanol–water partition coefficient (Wildman–Crippen LogP) is -0.376. The third-order valence-corrected chi connectivity index (χ3v) is 2.35. The van der Waals surface area contributed by atoms with Gasteiger partial charge in [0, 0.05) is 19.3 Å². The summed E-state index contributed by atoms with van der Waals surface area (Å²) in [6.45, 7) is 7.80. The Bertz CT molecular complexity index is 259. The third-order valence-electron chi connectivity index (χ3n) is 2.35. The van der Waals surface area contributed by atoms with Crippen molar-refractivity contribution in [1.29, 1.82) is 0 Å². The molecule has 7 nitrogen and oxygen atoms in total. The monoisotopic (exact) mass is 287 g/mol. The first kappa shape index (κ1) is 19.0. The Morgan fingerprint density at radius 3 is 2.55 bits per heavy atom. The summed E-state index contributed by atoms with van der Waals surface area (Å²) in [7, 11) is 1.83. The normalized spacial score (nSPS) is 12.4. The van der Waals surface area contributed by atoms with Crippen LogP contribution >= 0.6 is 0 Å². The molecule has 0 rings (SSSR count). The fraction of sp³-hybridized carbons (Fsp3) is 0.846. The van der Waals surface area contributed by atoms with Gasteiger partial charge in [0.2, 0.25) is 0 Å². The quantitative estimate of drug-likeness (QED) is 0.175. The Labute approximate surface area is 122 Å². The van der Waals surface area contributed by atoms with Gasteiger partial charge in [-0.15, -0.1) is 0 Å². The van der Waals surface area contributed by atoms with Gasteiger partial charge in [-0.25, -0.2) is 0 Å². The van der Waals surface area contributed by atoms with Gasteiger partial charge >= 0.3 is 0 Å². The van der Waals surface area contributed by atoms with E-state index in [2.05, 4.69) is 27.7 Å². The summed E-state index contributed by atoms with van der Waals surface area (Å²) in [5.74, 6) is 5.20. The summed E-state index contributed by atoms with van der Waals surface area (Å²) >= 11 is 0. The predicted molar refractivity (Wildman–Crippen MR) is 83.7 cm³/mol. The van der Waals surface area contributed by atoms with E-state index in [-0.39, 0.29) is 0 Å². The minimum absolute atomic E-state index is 0.575. The lowest BCUT2D eigenvalue weighted by Gasteiger charge is -2.05. The van der Waals surface area contributed by atoms with Crippen LogP contribution in [0.4, 0.5) is 0 Å². The zero-order chi connectivity index (χ0) is 14.9. The van der Waals surface area contributed by atoms with E-state index in [4.69, 9.17) is 15.3 Å². The second-order valence-corrected chi connectivity index (χ2v) is 4.16. The van der Waals surface area contributed by atoms with Crippen molar-refractivity contribution in [2.24, 2.45) is 15.9 Å². The van der Waals surface area contributed by atoms with Gasteiger partial charge in [-0.05, 0) is 20.0 Å². The molecule has 0 aliphatic rings. The maximum Gasteiger partial charge on any atom is 0.0915 e. The van der Waals surface area contributed by atoms with Crippen LogP contribution in [0.1, 0.15) is 13.3 Å². The summed E-state index contributed by atoms with van der Waals surface area (Å²) in [4.78, 5) is 4.18. The molecule has 4 N–H and O–H groups in total. The van der Waals surface area contributed by atoms with Crippen molar-refractivity contribution in [3.05, 3.63) is 0 Å². The van der Waals surface area contributed by atoms with Gasteiger partial charge < -0.3 is 25.9 Å². The largest absolute Gasteiger partial charge is 0.378 e. The number of ether oxygens (including phenoxy) is 2. The van der Waals surface area contributed by atoms with Crippen LogP contribution < -0.4 is 16.5 Å². The number of nitrogens with zero attached hydrogens (tertiary/aromatic N) is 2. The minimum Gasteiger partial charge on any atom is -0.378 e. The van der Waals surface area contributed by atoms with E-state index >= 15 is 0 Å². The number of aliphatic imine (C=N–C) groups is 1. The zero-order valence-electron chi connectivity index (χ0n) is 12.7. The van der Waals surface area contributed by atoms with Crippen LogP contribution in [0, 0.1) is 0 Å². The molecule has 0 radical (unpaired) electrons. The smallest absolute Gasteiger partial charge is 0.0915 e. The molecule has 0 amide bonds. The molecular formula is C13H29N5O2. The van der Waals surface area contributed by atoms with Crippen molar-refractivity contribution >= 4 is 11.9 Å². The van der Waals surface area contributed by atoms with Gasteiger partial charge in [-0.3, -0.25) is 4.99 Å². The van der Waals surface area contributed by atoms with Crippen LogP contribution in [0.5, 0.6) is 0 Å². The number of nitrogens with two attached hydrogens (primary N) is 1. The fourth-order valence-electron chi connectivity index (χ4n) is 1.36. The highest BCUT2D eigenvalue weighted by molar-refractivity contribution is 6.31. The third kappa shape index (κ3) is 13.4. The molecule has 0 aliphatic carbocycles. The molecule has 0 aromatic heterocycles. The molecule has 0 saturated carbocycles. The first-order chi connectivity index (χ1) is 9.85. The first-order valence-corrected chi connectivity index (χ1v) is 7.12. The SMILES string of the molecule is CCCNCCOCCOCCN=C/C(CNC)=N\N. The topological polar surface area (TPSA) is 93.3 Å². The summed E-state index contributed by atoms with van der Waals surface area (Å²) in [5.41, 5.74) is 0.718. The number of rotatable bonds is 14. The average Bonchev–Trinajstić information content (AvgIpc) is 2.47. The first-order valence-electron chi connectivity index (χ1n) is 7.12. The summed E-state index contributed by atoms with van der Waals surface area (Å²) in [6.07, 6.45) is 2.81. The van der Waals surface area contributed by atoms with Gasteiger partial charge in [0.25, 0.3) is 0 Å². The Balaban J connectivity index is 3.26. The molecule has 0 saturated heterocycles. The summed E-state index contributed by atoms with van der Waals surface area (Å²) in [6, 6.07) is 0. The summed E-state index contributed by atoms with van der Waals surface area (Å²) in [5, 5.41) is 9.83. The molecule has 0 unspecified atom stereocenters. The van der Waals surface area contributed by atoms with Gasteiger partial charge in [-0.2, -0.15) is 5.10 Å². The lowest BCUT2D eigenvalue weighted by Crippen LogP contribution is -2.21. The lowest BCUT2D eigenvalue weighted by atomic mass is 10.4. The minimum atomic E-state index is 0.575. The molecule has 20 heavy (non-hydrogen) atoms. The lowest BCUT2D eigenvalue weighted by molar-refractivity contribution is 0.0520.